The van der Waals surface area contributed by atoms with Gasteiger partial charge in [0.05, 0.1) is 5.69 Å². The number of amides is 1. The summed E-state index contributed by atoms with van der Waals surface area (Å²) in [6.45, 7) is 7.42. The quantitative estimate of drug-likeness (QED) is 0.819. The maximum Gasteiger partial charge on any atom is 0.271 e. The van der Waals surface area contributed by atoms with Gasteiger partial charge in [-0.25, -0.2) is 0 Å². The Morgan fingerprint density at radius 3 is 2.57 bits per heavy atom. The summed E-state index contributed by atoms with van der Waals surface area (Å²) in [7, 11) is 0. The van der Waals surface area contributed by atoms with Crippen LogP contribution >= 0.6 is 0 Å². The second-order valence-electron chi connectivity index (χ2n) is 5.73. The summed E-state index contributed by atoms with van der Waals surface area (Å²) in [5.41, 5.74) is 6.89. The van der Waals surface area contributed by atoms with Gasteiger partial charge in [0.2, 0.25) is 0 Å². The lowest BCUT2D eigenvalue weighted by atomic mass is 9.92. The highest BCUT2D eigenvalue weighted by molar-refractivity contribution is 6.02. The van der Waals surface area contributed by atoms with Crippen molar-refractivity contribution in [2.75, 3.05) is 18.0 Å². The second kappa shape index (κ2) is 6.48. The van der Waals surface area contributed by atoms with E-state index in [0.717, 1.165) is 29.8 Å². The van der Waals surface area contributed by atoms with Gasteiger partial charge in [-0.15, -0.1) is 0 Å². The summed E-state index contributed by atoms with van der Waals surface area (Å²) < 4.78 is 6.11. The molecule has 2 N–H and O–H groups in total. The number of hydrogen-bond acceptors (Lipinski definition) is 3. The minimum absolute atomic E-state index is 0.0858. The van der Waals surface area contributed by atoms with Crippen molar-refractivity contribution in [3.63, 3.8) is 0 Å². The molecule has 4 nitrogen and oxygen atoms in total. The van der Waals surface area contributed by atoms with Crippen molar-refractivity contribution in [1.82, 2.24) is 0 Å². The van der Waals surface area contributed by atoms with Gasteiger partial charge in [0.25, 0.3) is 5.91 Å². The fraction of sp³-hybridized carbons (Fsp3) is 0.588. The van der Waals surface area contributed by atoms with E-state index in [9.17, 15) is 4.79 Å². The molecule has 0 aromatic heterocycles. The van der Waals surface area contributed by atoms with Crippen LogP contribution in [0.4, 0.5) is 5.69 Å². The predicted octanol–water partition coefficient (Wildman–Crippen LogP) is 3.02. The lowest BCUT2D eigenvalue weighted by molar-refractivity contribution is -0.136. The summed E-state index contributed by atoms with van der Waals surface area (Å²) in [6.07, 6.45) is 3.21. The van der Waals surface area contributed by atoms with E-state index < -0.39 is 5.60 Å². The van der Waals surface area contributed by atoms with E-state index in [1.807, 2.05) is 43.9 Å². The molecule has 1 amide bonds. The number of unbranched alkanes of at least 4 members (excludes halogenated alkanes) is 1. The highest BCUT2D eigenvalue weighted by Gasteiger charge is 2.45. The molecule has 1 aliphatic rings. The van der Waals surface area contributed by atoms with Crippen LogP contribution < -0.4 is 15.4 Å². The number of fused-ring (bicyclic) bond motifs is 1. The molecule has 1 aromatic rings. The number of nitrogens with zero attached hydrogens (tertiary/aromatic N) is 1. The SMILES string of the molecule is CCC1(CC)Oc2ccc(C)cc2N(CCCCN)C1=O. The molecule has 0 fully saturated rings. The van der Waals surface area contributed by atoms with Crippen molar-refractivity contribution < 1.29 is 9.53 Å². The van der Waals surface area contributed by atoms with E-state index in [4.69, 9.17) is 10.5 Å². The third-order valence-corrected chi connectivity index (χ3v) is 4.32. The summed E-state index contributed by atoms with van der Waals surface area (Å²) >= 11 is 0. The number of carbonyl (C=O) groups is 1. The minimum Gasteiger partial charge on any atom is -0.475 e. The van der Waals surface area contributed by atoms with E-state index in [-0.39, 0.29) is 5.91 Å². The molecule has 0 saturated heterocycles. The molecule has 0 aliphatic carbocycles. The largest absolute Gasteiger partial charge is 0.475 e. The summed E-state index contributed by atoms with van der Waals surface area (Å²) in [5.74, 6) is 0.902. The maximum atomic E-state index is 12.9. The minimum atomic E-state index is -0.717. The summed E-state index contributed by atoms with van der Waals surface area (Å²) in [6, 6.07) is 6.04. The van der Waals surface area contributed by atoms with Crippen LogP contribution in [0, 0.1) is 6.92 Å². The fourth-order valence-electron chi connectivity index (χ4n) is 2.87. The van der Waals surface area contributed by atoms with Gasteiger partial charge in [-0.1, -0.05) is 19.9 Å². The topological polar surface area (TPSA) is 55.6 Å². The summed E-state index contributed by atoms with van der Waals surface area (Å²) in [4.78, 5) is 14.8. The Hall–Kier alpha value is -1.55. The van der Waals surface area contributed by atoms with Crippen LogP contribution in [0.3, 0.4) is 0 Å². The van der Waals surface area contributed by atoms with Gasteiger partial charge in [-0.2, -0.15) is 0 Å². The van der Waals surface area contributed by atoms with Gasteiger partial charge in [0, 0.05) is 6.54 Å². The zero-order valence-corrected chi connectivity index (χ0v) is 13.3. The van der Waals surface area contributed by atoms with Crippen LogP contribution in [0.15, 0.2) is 18.2 Å². The van der Waals surface area contributed by atoms with Crippen LogP contribution in [-0.4, -0.2) is 24.6 Å². The van der Waals surface area contributed by atoms with E-state index in [0.29, 0.717) is 25.9 Å². The molecule has 116 valence electrons. The normalized spacial score (nSPS) is 16.6. The number of aryl methyl sites for hydroxylation is 1. The fourth-order valence-corrected chi connectivity index (χ4v) is 2.87. The number of benzene rings is 1. The van der Waals surface area contributed by atoms with Crippen molar-refractivity contribution in [1.29, 1.82) is 0 Å². The van der Waals surface area contributed by atoms with E-state index in [2.05, 4.69) is 0 Å². The van der Waals surface area contributed by atoms with Gasteiger partial charge < -0.3 is 15.4 Å². The number of ether oxygens (including phenoxy) is 1. The van der Waals surface area contributed by atoms with Crippen LogP contribution in [0.25, 0.3) is 0 Å². The first-order valence-corrected chi connectivity index (χ1v) is 7.89. The van der Waals surface area contributed by atoms with Crippen LogP contribution in [-0.2, 0) is 4.79 Å². The maximum absolute atomic E-state index is 12.9. The molecule has 1 aromatic carbocycles. The zero-order valence-electron chi connectivity index (χ0n) is 13.3. The molecule has 0 spiro atoms. The first-order valence-electron chi connectivity index (χ1n) is 7.89. The van der Waals surface area contributed by atoms with Crippen LogP contribution in [0.2, 0.25) is 0 Å². The highest BCUT2D eigenvalue weighted by Crippen LogP contribution is 2.41. The zero-order chi connectivity index (χ0) is 15.5. The van der Waals surface area contributed by atoms with Gasteiger partial charge in [0.1, 0.15) is 5.75 Å². The third kappa shape index (κ3) is 2.91. The van der Waals surface area contributed by atoms with Gasteiger partial charge in [-0.05, 0) is 56.8 Å². The monoisotopic (exact) mass is 290 g/mol. The van der Waals surface area contributed by atoms with E-state index in [1.54, 1.807) is 0 Å². The average Bonchev–Trinajstić information content (AvgIpc) is 2.50. The van der Waals surface area contributed by atoms with Gasteiger partial charge in [-0.3, -0.25) is 4.79 Å². The highest BCUT2D eigenvalue weighted by atomic mass is 16.5. The van der Waals surface area contributed by atoms with Crippen LogP contribution in [0.5, 0.6) is 5.75 Å². The number of anilines is 1. The standard InChI is InChI=1S/C17H26N2O2/c1-4-17(5-2)16(20)19(11-7-6-10-18)14-12-13(3)8-9-15(14)21-17/h8-9,12H,4-7,10-11,18H2,1-3H3. The molecule has 1 aliphatic heterocycles. The Kier molecular flexibility index (Phi) is 4.88. The Bertz CT molecular complexity index is 510. The van der Waals surface area contributed by atoms with Crippen molar-refractivity contribution >= 4 is 11.6 Å². The molecule has 2 rings (SSSR count). The Morgan fingerprint density at radius 1 is 1.24 bits per heavy atom. The van der Waals surface area contributed by atoms with E-state index in [1.165, 1.54) is 0 Å². The lowest BCUT2D eigenvalue weighted by Crippen LogP contribution is -2.55. The Balaban J connectivity index is 2.39. The number of carbonyl (C=O) groups excluding carboxylic acids is 1. The average molecular weight is 290 g/mol. The lowest BCUT2D eigenvalue weighted by Gasteiger charge is -2.42. The molecule has 0 unspecified atom stereocenters. The molecule has 0 radical (unpaired) electrons. The molecule has 4 heteroatoms. The van der Waals surface area contributed by atoms with Crippen molar-refractivity contribution in [3.05, 3.63) is 23.8 Å². The molecule has 0 atom stereocenters. The summed E-state index contributed by atoms with van der Waals surface area (Å²) in [5, 5.41) is 0. The Morgan fingerprint density at radius 2 is 1.95 bits per heavy atom. The molecule has 1 heterocycles. The van der Waals surface area contributed by atoms with Crippen molar-refractivity contribution in [3.8, 4) is 5.75 Å². The number of nitrogens with two attached hydrogens (primary N) is 1. The van der Waals surface area contributed by atoms with Gasteiger partial charge in [0.15, 0.2) is 5.60 Å². The predicted molar refractivity (Wildman–Crippen MR) is 85.8 cm³/mol. The second-order valence-corrected chi connectivity index (χ2v) is 5.73. The third-order valence-electron chi connectivity index (χ3n) is 4.32. The molecule has 21 heavy (non-hydrogen) atoms. The van der Waals surface area contributed by atoms with Crippen molar-refractivity contribution in [2.45, 2.75) is 52.1 Å². The first kappa shape index (κ1) is 15.8. The molecular weight excluding hydrogens is 264 g/mol. The Labute approximate surface area is 127 Å². The smallest absolute Gasteiger partial charge is 0.271 e. The number of hydrogen-bond donors (Lipinski definition) is 1. The van der Waals surface area contributed by atoms with E-state index >= 15 is 0 Å². The first-order chi connectivity index (χ1) is 10.1. The molecule has 0 bridgehead atoms. The number of rotatable bonds is 6. The molecule has 0 saturated carbocycles. The molecular formula is C17H26N2O2. The van der Waals surface area contributed by atoms with Crippen LogP contribution in [0.1, 0.15) is 45.1 Å². The van der Waals surface area contributed by atoms with Gasteiger partial charge >= 0.3 is 0 Å². The van der Waals surface area contributed by atoms with Crippen molar-refractivity contribution in [2.24, 2.45) is 5.73 Å².